The van der Waals surface area contributed by atoms with Crippen molar-refractivity contribution in [2.24, 2.45) is 11.0 Å². The highest BCUT2D eigenvalue weighted by Gasteiger charge is 2.34. The summed E-state index contributed by atoms with van der Waals surface area (Å²) in [5.74, 6) is 0.147. The van der Waals surface area contributed by atoms with Crippen molar-refractivity contribution in [2.75, 3.05) is 13.7 Å². The first kappa shape index (κ1) is 18.6. The molecule has 1 aliphatic heterocycles. The molecule has 3 rings (SSSR count). The number of hydrogen-bond donors (Lipinski definition) is 1. The Bertz CT molecular complexity index is 832. The average molecular weight is 365 g/mol. The number of benzene rings is 2. The lowest BCUT2D eigenvalue weighted by Crippen LogP contribution is -2.30. The third kappa shape index (κ3) is 4.73. The molecule has 6 heteroatoms. The molecule has 6 nitrogen and oxygen atoms in total. The van der Waals surface area contributed by atoms with E-state index >= 15 is 0 Å². The van der Waals surface area contributed by atoms with Crippen LogP contribution in [-0.2, 0) is 16.1 Å². The summed E-state index contributed by atoms with van der Waals surface area (Å²) in [5, 5.41) is 4.17. The van der Waals surface area contributed by atoms with Crippen molar-refractivity contribution in [1.29, 1.82) is 0 Å². The first-order valence-corrected chi connectivity index (χ1v) is 8.87. The van der Waals surface area contributed by atoms with Gasteiger partial charge in [0.1, 0.15) is 5.75 Å². The zero-order valence-electron chi connectivity index (χ0n) is 15.5. The summed E-state index contributed by atoms with van der Waals surface area (Å²) in [6, 6.07) is 17.2. The number of methoxy groups -OCH3 is 1. The second kappa shape index (κ2) is 8.49. The number of nitrogens with one attached hydrogen (secondary N) is 1. The Hall–Kier alpha value is -3.15. The van der Waals surface area contributed by atoms with Gasteiger partial charge in [-0.25, -0.2) is 5.43 Å². The molecule has 0 aliphatic carbocycles. The largest absolute Gasteiger partial charge is 0.497 e. The predicted molar refractivity (Wildman–Crippen MR) is 103 cm³/mol. The van der Waals surface area contributed by atoms with Gasteiger partial charge in [0.2, 0.25) is 11.8 Å². The summed E-state index contributed by atoms with van der Waals surface area (Å²) in [6.45, 7) is 2.76. The fourth-order valence-electron chi connectivity index (χ4n) is 3.03. The maximum absolute atomic E-state index is 12.4. The van der Waals surface area contributed by atoms with E-state index in [4.69, 9.17) is 4.74 Å². The Morgan fingerprint density at radius 3 is 2.56 bits per heavy atom. The van der Waals surface area contributed by atoms with Gasteiger partial charge in [0.25, 0.3) is 0 Å². The molecule has 1 N–H and O–H groups in total. The van der Waals surface area contributed by atoms with Gasteiger partial charge in [-0.1, -0.05) is 30.3 Å². The SMILES string of the molecule is COc1ccc(C(C)=NNC(=O)C2CC(=O)N(Cc3ccccc3)C2)cc1. The third-order valence-corrected chi connectivity index (χ3v) is 4.64. The second-order valence-electron chi connectivity index (χ2n) is 6.56. The van der Waals surface area contributed by atoms with Gasteiger partial charge in [0.15, 0.2) is 0 Å². The van der Waals surface area contributed by atoms with E-state index in [0.29, 0.717) is 18.8 Å². The molecular formula is C21H23N3O3. The van der Waals surface area contributed by atoms with Crippen LogP contribution in [0.4, 0.5) is 0 Å². The number of hydrazone groups is 1. The van der Waals surface area contributed by atoms with Crippen molar-refractivity contribution in [1.82, 2.24) is 10.3 Å². The number of amides is 2. The Morgan fingerprint density at radius 2 is 1.89 bits per heavy atom. The summed E-state index contributed by atoms with van der Waals surface area (Å²) in [7, 11) is 1.61. The van der Waals surface area contributed by atoms with Crippen molar-refractivity contribution < 1.29 is 14.3 Å². The van der Waals surface area contributed by atoms with Crippen LogP contribution in [0.1, 0.15) is 24.5 Å². The third-order valence-electron chi connectivity index (χ3n) is 4.64. The molecule has 1 saturated heterocycles. The van der Waals surface area contributed by atoms with Crippen LogP contribution in [0, 0.1) is 5.92 Å². The molecule has 0 aromatic heterocycles. The van der Waals surface area contributed by atoms with Crippen LogP contribution in [0.5, 0.6) is 5.75 Å². The summed E-state index contributed by atoms with van der Waals surface area (Å²) in [5.41, 5.74) is 5.24. The number of carbonyl (C=O) groups is 2. The Morgan fingerprint density at radius 1 is 1.19 bits per heavy atom. The van der Waals surface area contributed by atoms with Gasteiger partial charge >= 0.3 is 0 Å². The Kier molecular flexibility index (Phi) is 5.86. The molecule has 1 aliphatic rings. The van der Waals surface area contributed by atoms with Crippen molar-refractivity contribution >= 4 is 17.5 Å². The quantitative estimate of drug-likeness (QED) is 0.632. The number of carbonyl (C=O) groups excluding carboxylic acids is 2. The van der Waals surface area contributed by atoms with Crippen molar-refractivity contribution in [3.8, 4) is 5.75 Å². The molecule has 0 saturated carbocycles. The lowest BCUT2D eigenvalue weighted by Gasteiger charge is -2.16. The molecule has 27 heavy (non-hydrogen) atoms. The van der Waals surface area contributed by atoms with E-state index in [2.05, 4.69) is 10.5 Å². The van der Waals surface area contributed by atoms with E-state index in [1.165, 1.54) is 0 Å². The van der Waals surface area contributed by atoms with Gasteiger partial charge in [-0.05, 0) is 42.3 Å². The monoisotopic (exact) mass is 365 g/mol. The van der Waals surface area contributed by atoms with Crippen LogP contribution < -0.4 is 10.2 Å². The van der Waals surface area contributed by atoms with Crippen molar-refractivity contribution in [3.05, 3.63) is 65.7 Å². The zero-order chi connectivity index (χ0) is 19.2. The number of rotatable bonds is 6. The summed E-state index contributed by atoms with van der Waals surface area (Å²) in [4.78, 5) is 26.3. The van der Waals surface area contributed by atoms with Crippen LogP contribution >= 0.6 is 0 Å². The van der Waals surface area contributed by atoms with Gasteiger partial charge in [-0.15, -0.1) is 0 Å². The van der Waals surface area contributed by atoms with E-state index in [9.17, 15) is 9.59 Å². The molecule has 0 bridgehead atoms. The van der Waals surface area contributed by atoms with E-state index in [1.807, 2.05) is 61.5 Å². The molecule has 0 radical (unpaired) electrons. The average Bonchev–Trinajstić information content (AvgIpc) is 3.07. The zero-order valence-corrected chi connectivity index (χ0v) is 15.5. The molecular weight excluding hydrogens is 342 g/mol. The van der Waals surface area contributed by atoms with Gasteiger partial charge < -0.3 is 9.64 Å². The van der Waals surface area contributed by atoms with Gasteiger partial charge in [0.05, 0.1) is 18.7 Å². The summed E-state index contributed by atoms with van der Waals surface area (Å²) >= 11 is 0. The Labute approximate surface area is 158 Å². The molecule has 1 unspecified atom stereocenters. The minimum absolute atomic E-state index is 0.00476. The number of likely N-dealkylation sites (tertiary alicyclic amines) is 1. The van der Waals surface area contributed by atoms with Gasteiger partial charge in [-0.2, -0.15) is 5.10 Å². The lowest BCUT2D eigenvalue weighted by atomic mass is 10.1. The molecule has 1 heterocycles. The minimum atomic E-state index is -0.381. The number of ether oxygens (including phenoxy) is 1. The minimum Gasteiger partial charge on any atom is -0.497 e. The van der Waals surface area contributed by atoms with E-state index in [-0.39, 0.29) is 24.2 Å². The highest BCUT2D eigenvalue weighted by molar-refractivity contribution is 5.99. The van der Waals surface area contributed by atoms with Crippen LogP contribution in [0.3, 0.4) is 0 Å². The molecule has 2 aromatic carbocycles. The highest BCUT2D eigenvalue weighted by atomic mass is 16.5. The maximum atomic E-state index is 12.4. The van der Waals surface area contributed by atoms with Gasteiger partial charge in [0, 0.05) is 19.5 Å². The summed E-state index contributed by atoms with van der Waals surface area (Å²) < 4.78 is 5.13. The van der Waals surface area contributed by atoms with Crippen LogP contribution in [-0.4, -0.2) is 36.1 Å². The topological polar surface area (TPSA) is 71.0 Å². The fraction of sp³-hybridized carbons (Fsp3) is 0.286. The van der Waals surface area contributed by atoms with Gasteiger partial charge in [-0.3, -0.25) is 9.59 Å². The molecule has 1 atom stereocenters. The predicted octanol–water partition coefficient (Wildman–Crippen LogP) is 2.58. The first-order valence-electron chi connectivity index (χ1n) is 8.87. The van der Waals surface area contributed by atoms with E-state index in [0.717, 1.165) is 16.9 Å². The molecule has 1 fully saturated rings. The molecule has 2 aromatic rings. The molecule has 0 spiro atoms. The molecule has 2 amide bonds. The summed E-state index contributed by atoms with van der Waals surface area (Å²) in [6.07, 6.45) is 0.218. The van der Waals surface area contributed by atoms with Crippen molar-refractivity contribution in [3.63, 3.8) is 0 Å². The standard InChI is InChI=1S/C21H23N3O3/c1-15(17-8-10-19(27-2)11-9-17)22-23-21(26)18-12-20(25)24(14-18)13-16-6-4-3-5-7-16/h3-11,18H,12-14H2,1-2H3,(H,23,26). The van der Waals surface area contributed by atoms with Crippen LogP contribution in [0.2, 0.25) is 0 Å². The number of nitrogens with zero attached hydrogens (tertiary/aromatic N) is 2. The molecule has 140 valence electrons. The van der Waals surface area contributed by atoms with Crippen LogP contribution in [0.15, 0.2) is 59.7 Å². The van der Waals surface area contributed by atoms with E-state index in [1.54, 1.807) is 12.0 Å². The fourth-order valence-corrected chi connectivity index (χ4v) is 3.03. The van der Waals surface area contributed by atoms with E-state index < -0.39 is 0 Å². The van der Waals surface area contributed by atoms with Crippen molar-refractivity contribution in [2.45, 2.75) is 19.9 Å². The number of hydrogen-bond acceptors (Lipinski definition) is 4. The second-order valence-corrected chi connectivity index (χ2v) is 6.56. The highest BCUT2D eigenvalue weighted by Crippen LogP contribution is 2.20. The lowest BCUT2D eigenvalue weighted by molar-refractivity contribution is -0.129. The smallest absolute Gasteiger partial charge is 0.245 e. The van der Waals surface area contributed by atoms with Crippen LogP contribution in [0.25, 0.3) is 0 Å². The normalized spacial score (nSPS) is 17.1. The maximum Gasteiger partial charge on any atom is 0.245 e. The first-order chi connectivity index (χ1) is 13.1. The Balaban J connectivity index is 1.57.